The summed E-state index contributed by atoms with van der Waals surface area (Å²) in [5.41, 5.74) is 1.79. The van der Waals surface area contributed by atoms with E-state index in [4.69, 9.17) is 4.74 Å². The smallest absolute Gasteiger partial charge is 0.130 e. The van der Waals surface area contributed by atoms with E-state index in [0.717, 1.165) is 21.5 Å². The molecule has 1 heterocycles. The van der Waals surface area contributed by atoms with Crippen molar-refractivity contribution in [1.29, 1.82) is 0 Å². The molecule has 0 aliphatic rings. The molecule has 1 aromatic heterocycles. The van der Waals surface area contributed by atoms with Gasteiger partial charge in [-0.25, -0.2) is 0 Å². The lowest BCUT2D eigenvalue weighted by Crippen LogP contribution is -1.99. The Morgan fingerprint density at radius 3 is 2.53 bits per heavy atom. The lowest BCUT2D eigenvalue weighted by atomic mass is 10.1. The fourth-order valence-electron chi connectivity index (χ4n) is 1.67. The Morgan fingerprint density at radius 2 is 1.95 bits per heavy atom. The molecule has 19 heavy (non-hydrogen) atoms. The quantitative estimate of drug-likeness (QED) is 0.909. The number of hydrogen-bond donors (Lipinski definition) is 1. The zero-order valence-electron chi connectivity index (χ0n) is 10.7. The predicted molar refractivity (Wildman–Crippen MR) is 78.0 cm³/mol. The Balaban J connectivity index is 1.94. The molecule has 0 radical (unpaired) electrons. The monoisotopic (exact) mass is 321 g/mol. The molecule has 0 aliphatic carbocycles. The van der Waals surface area contributed by atoms with Crippen LogP contribution in [0.5, 0.6) is 5.75 Å². The highest BCUT2D eigenvalue weighted by molar-refractivity contribution is 9.10. The standard InChI is InChI=1S/C15H16BrNO2/c1-2-15(18)11-3-7-14(8-4-11)19-10-13-6-5-12(16)9-17-13/h3-9,15,18H,2,10H2,1H3/t15-/m0/s1. The van der Waals surface area contributed by atoms with Gasteiger partial charge < -0.3 is 9.84 Å². The molecule has 0 aliphatic heterocycles. The first-order valence-electron chi connectivity index (χ1n) is 6.20. The second-order valence-corrected chi connectivity index (χ2v) is 5.17. The Labute approximate surface area is 121 Å². The zero-order chi connectivity index (χ0) is 13.7. The van der Waals surface area contributed by atoms with Crippen molar-refractivity contribution in [3.63, 3.8) is 0 Å². The molecule has 0 unspecified atom stereocenters. The summed E-state index contributed by atoms with van der Waals surface area (Å²) in [6, 6.07) is 11.4. The summed E-state index contributed by atoms with van der Waals surface area (Å²) in [7, 11) is 0. The highest BCUT2D eigenvalue weighted by atomic mass is 79.9. The predicted octanol–water partition coefficient (Wildman–Crippen LogP) is 3.87. The third-order valence-corrected chi connectivity index (χ3v) is 3.30. The molecule has 3 nitrogen and oxygen atoms in total. The summed E-state index contributed by atoms with van der Waals surface area (Å²) in [5.74, 6) is 0.775. The van der Waals surface area contributed by atoms with E-state index in [1.54, 1.807) is 6.20 Å². The van der Waals surface area contributed by atoms with Crippen LogP contribution in [0.15, 0.2) is 47.1 Å². The number of hydrogen-bond acceptors (Lipinski definition) is 3. The Kier molecular flexibility index (Phi) is 4.93. The number of nitrogens with zero attached hydrogens (tertiary/aromatic N) is 1. The van der Waals surface area contributed by atoms with E-state index in [2.05, 4.69) is 20.9 Å². The summed E-state index contributed by atoms with van der Waals surface area (Å²) < 4.78 is 6.59. The fourth-order valence-corrected chi connectivity index (χ4v) is 1.91. The minimum atomic E-state index is -0.401. The minimum Gasteiger partial charge on any atom is -0.487 e. The van der Waals surface area contributed by atoms with Crippen LogP contribution in [0.3, 0.4) is 0 Å². The van der Waals surface area contributed by atoms with Crippen LogP contribution in [0.4, 0.5) is 0 Å². The van der Waals surface area contributed by atoms with E-state index >= 15 is 0 Å². The van der Waals surface area contributed by atoms with E-state index in [9.17, 15) is 5.11 Å². The molecule has 2 aromatic rings. The largest absolute Gasteiger partial charge is 0.487 e. The van der Waals surface area contributed by atoms with Crippen LogP contribution in [0.25, 0.3) is 0 Å². The molecule has 0 fully saturated rings. The van der Waals surface area contributed by atoms with Crippen molar-refractivity contribution < 1.29 is 9.84 Å². The van der Waals surface area contributed by atoms with Crippen LogP contribution >= 0.6 is 15.9 Å². The van der Waals surface area contributed by atoms with E-state index in [0.29, 0.717) is 13.0 Å². The van der Waals surface area contributed by atoms with E-state index < -0.39 is 6.10 Å². The summed E-state index contributed by atoms with van der Waals surface area (Å²) in [5, 5.41) is 9.70. The average Bonchev–Trinajstić information content (AvgIpc) is 2.46. The van der Waals surface area contributed by atoms with E-state index in [1.807, 2.05) is 43.3 Å². The summed E-state index contributed by atoms with van der Waals surface area (Å²) in [6.45, 7) is 2.39. The maximum atomic E-state index is 9.70. The van der Waals surface area contributed by atoms with Crippen LogP contribution in [0.2, 0.25) is 0 Å². The molecule has 0 bridgehead atoms. The first-order valence-corrected chi connectivity index (χ1v) is 6.99. The van der Waals surface area contributed by atoms with Crippen molar-refractivity contribution in [2.24, 2.45) is 0 Å². The third kappa shape index (κ3) is 4.04. The van der Waals surface area contributed by atoms with E-state index in [-0.39, 0.29) is 0 Å². The second-order valence-electron chi connectivity index (χ2n) is 4.25. The lowest BCUT2D eigenvalue weighted by molar-refractivity contribution is 0.173. The molecule has 1 atom stereocenters. The number of halogens is 1. The van der Waals surface area contributed by atoms with Gasteiger partial charge in [0.1, 0.15) is 12.4 Å². The maximum absolute atomic E-state index is 9.70. The summed E-state index contributed by atoms with van der Waals surface area (Å²) in [4.78, 5) is 4.24. The Bertz CT molecular complexity index is 511. The van der Waals surface area contributed by atoms with Crippen LogP contribution in [-0.4, -0.2) is 10.1 Å². The van der Waals surface area contributed by atoms with Gasteiger partial charge >= 0.3 is 0 Å². The van der Waals surface area contributed by atoms with Gasteiger partial charge in [-0.1, -0.05) is 19.1 Å². The number of ether oxygens (including phenoxy) is 1. The van der Waals surface area contributed by atoms with E-state index in [1.165, 1.54) is 0 Å². The van der Waals surface area contributed by atoms with Gasteiger partial charge in [0.25, 0.3) is 0 Å². The topological polar surface area (TPSA) is 42.4 Å². The second kappa shape index (κ2) is 6.68. The number of aliphatic hydroxyl groups excluding tert-OH is 1. The Hall–Kier alpha value is -1.39. The first-order chi connectivity index (χ1) is 9.19. The normalized spacial score (nSPS) is 12.2. The van der Waals surface area contributed by atoms with Crippen molar-refractivity contribution in [3.8, 4) is 5.75 Å². The van der Waals surface area contributed by atoms with Crippen LogP contribution in [-0.2, 0) is 6.61 Å². The molecular weight excluding hydrogens is 306 g/mol. The van der Waals surface area contributed by atoms with Gasteiger partial charge in [-0.2, -0.15) is 0 Å². The fraction of sp³-hybridized carbons (Fsp3) is 0.267. The van der Waals surface area contributed by atoms with Gasteiger partial charge in [0, 0.05) is 10.7 Å². The van der Waals surface area contributed by atoms with Gasteiger partial charge in [0.2, 0.25) is 0 Å². The van der Waals surface area contributed by atoms with Crippen molar-refractivity contribution in [2.75, 3.05) is 0 Å². The highest BCUT2D eigenvalue weighted by Gasteiger charge is 2.04. The van der Waals surface area contributed by atoms with Crippen molar-refractivity contribution >= 4 is 15.9 Å². The molecule has 0 saturated carbocycles. The summed E-state index contributed by atoms with van der Waals surface area (Å²) in [6.07, 6.45) is 2.06. The number of aromatic nitrogens is 1. The van der Waals surface area contributed by atoms with Gasteiger partial charge in [0.05, 0.1) is 11.8 Å². The van der Waals surface area contributed by atoms with Gasteiger partial charge in [-0.3, -0.25) is 4.98 Å². The molecule has 0 spiro atoms. The lowest BCUT2D eigenvalue weighted by Gasteiger charge is -2.10. The molecule has 2 rings (SSSR count). The van der Waals surface area contributed by atoms with Crippen molar-refractivity contribution in [3.05, 3.63) is 58.3 Å². The molecule has 0 amide bonds. The minimum absolute atomic E-state index is 0.401. The summed E-state index contributed by atoms with van der Waals surface area (Å²) >= 11 is 3.34. The zero-order valence-corrected chi connectivity index (χ0v) is 12.3. The number of benzene rings is 1. The van der Waals surface area contributed by atoms with Crippen molar-refractivity contribution in [2.45, 2.75) is 26.1 Å². The number of rotatable bonds is 5. The first kappa shape index (κ1) is 14.0. The number of pyridine rings is 1. The van der Waals surface area contributed by atoms with Gasteiger partial charge in [0.15, 0.2) is 0 Å². The molecular formula is C15H16BrNO2. The average molecular weight is 322 g/mol. The molecule has 0 saturated heterocycles. The molecule has 1 aromatic carbocycles. The van der Waals surface area contributed by atoms with Crippen molar-refractivity contribution in [1.82, 2.24) is 4.98 Å². The van der Waals surface area contributed by atoms with Gasteiger partial charge in [-0.05, 0) is 52.2 Å². The van der Waals surface area contributed by atoms with Crippen LogP contribution < -0.4 is 4.74 Å². The van der Waals surface area contributed by atoms with Crippen LogP contribution in [0, 0.1) is 0 Å². The molecule has 1 N–H and O–H groups in total. The molecule has 4 heteroatoms. The maximum Gasteiger partial charge on any atom is 0.130 e. The number of aliphatic hydroxyl groups is 1. The Morgan fingerprint density at radius 1 is 1.21 bits per heavy atom. The highest BCUT2D eigenvalue weighted by Crippen LogP contribution is 2.20. The van der Waals surface area contributed by atoms with Gasteiger partial charge in [-0.15, -0.1) is 0 Å². The molecule has 100 valence electrons. The van der Waals surface area contributed by atoms with Crippen LogP contribution in [0.1, 0.15) is 30.7 Å². The SMILES string of the molecule is CC[C@H](O)c1ccc(OCc2ccc(Br)cn2)cc1. The third-order valence-electron chi connectivity index (χ3n) is 2.83.